The SMILES string of the molecule is CC(C(=O)N(C)C)N(C)Cc1ccc(OC(F)(F)F)cc1. The molecule has 0 aliphatic rings. The zero-order valence-electron chi connectivity index (χ0n) is 12.4. The third-order valence-corrected chi connectivity index (χ3v) is 3.05. The summed E-state index contributed by atoms with van der Waals surface area (Å²) in [4.78, 5) is 15.1. The lowest BCUT2D eigenvalue weighted by Crippen LogP contribution is -2.42. The molecule has 0 aliphatic heterocycles. The Kier molecular flexibility index (Phi) is 5.60. The molecule has 0 N–H and O–H groups in total. The van der Waals surface area contributed by atoms with Gasteiger partial charge < -0.3 is 9.64 Å². The molecule has 0 saturated carbocycles. The van der Waals surface area contributed by atoms with Gasteiger partial charge in [0.2, 0.25) is 5.91 Å². The maximum absolute atomic E-state index is 12.0. The minimum Gasteiger partial charge on any atom is -0.406 e. The molecule has 118 valence electrons. The number of halogens is 3. The number of likely N-dealkylation sites (N-methyl/N-ethyl adjacent to an activating group) is 2. The predicted octanol–water partition coefficient (Wildman–Crippen LogP) is 2.49. The fourth-order valence-electron chi connectivity index (χ4n) is 1.78. The lowest BCUT2D eigenvalue weighted by Gasteiger charge is -2.26. The summed E-state index contributed by atoms with van der Waals surface area (Å²) in [6.07, 6.45) is -4.69. The minimum atomic E-state index is -4.69. The van der Waals surface area contributed by atoms with Crippen LogP contribution in [0.1, 0.15) is 12.5 Å². The van der Waals surface area contributed by atoms with Gasteiger partial charge in [-0.2, -0.15) is 0 Å². The van der Waals surface area contributed by atoms with Crippen LogP contribution in [0.25, 0.3) is 0 Å². The molecule has 0 radical (unpaired) electrons. The fourth-order valence-corrected chi connectivity index (χ4v) is 1.78. The predicted molar refractivity (Wildman–Crippen MR) is 72.7 cm³/mol. The van der Waals surface area contributed by atoms with Crippen LogP contribution in [0.15, 0.2) is 24.3 Å². The third kappa shape index (κ3) is 5.63. The fraction of sp³-hybridized carbons (Fsp3) is 0.500. The molecule has 0 bridgehead atoms. The zero-order valence-corrected chi connectivity index (χ0v) is 12.4. The molecule has 0 saturated heterocycles. The largest absolute Gasteiger partial charge is 0.573 e. The number of nitrogens with zero attached hydrogens (tertiary/aromatic N) is 2. The lowest BCUT2D eigenvalue weighted by molar-refractivity contribution is -0.274. The number of alkyl halides is 3. The van der Waals surface area contributed by atoms with Gasteiger partial charge in [-0.15, -0.1) is 13.2 Å². The number of rotatable bonds is 5. The molecule has 0 heterocycles. The molecule has 0 aliphatic carbocycles. The Bertz CT molecular complexity index is 472. The van der Waals surface area contributed by atoms with Crippen LogP contribution in [-0.4, -0.2) is 49.3 Å². The van der Waals surface area contributed by atoms with Crippen LogP contribution >= 0.6 is 0 Å². The average Bonchev–Trinajstić information content (AvgIpc) is 2.37. The molecule has 1 unspecified atom stereocenters. The van der Waals surface area contributed by atoms with Crippen LogP contribution in [0.3, 0.4) is 0 Å². The summed E-state index contributed by atoms with van der Waals surface area (Å²) in [7, 11) is 5.14. The van der Waals surface area contributed by atoms with Crippen LogP contribution < -0.4 is 4.74 Å². The monoisotopic (exact) mass is 304 g/mol. The zero-order chi connectivity index (χ0) is 16.2. The molecule has 0 fully saturated rings. The molecule has 0 spiro atoms. The summed E-state index contributed by atoms with van der Waals surface area (Å²) >= 11 is 0. The molecule has 0 aromatic heterocycles. The number of hydrogen-bond acceptors (Lipinski definition) is 3. The molecule has 1 aromatic rings. The standard InChI is InChI=1S/C14H19F3N2O2/c1-10(13(20)18(2)3)19(4)9-11-5-7-12(8-6-11)21-14(15,16)17/h5-8,10H,9H2,1-4H3. The van der Waals surface area contributed by atoms with Crippen molar-refractivity contribution >= 4 is 5.91 Å². The van der Waals surface area contributed by atoms with Gasteiger partial charge in [-0.05, 0) is 31.7 Å². The van der Waals surface area contributed by atoms with Crippen molar-refractivity contribution in [2.45, 2.75) is 25.9 Å². The van der Waals surface area contributed by atoms with Crippen molar-refractivity contribution in [1.82, 2.24) is 9.80 Å². The average molecular weight is 304 g/mol. The highest BCUT2D eigenvalue weighted by atomic mass is 19.4. The summed E-state index contributed by atoms with van der Waals surface area (Å²) in [5, 5.41) is 0. The quantitative estimate of drug-likeness (QED) is 0.838. The number of benzene rings is 1. The van der Waals surface area contributed by atoms with Crippen LogP contribution in [-0.2, 0) is 11.3 Å². The third-order valence-electron chi connectivity index (χ3n) is 3.05. The van der Waals surface area contributed by atoms with E-state index in [9.17, 15) is 18.0 Å². The van der Waals surface area contributed by atoms with Crippen molar-refractivity contribution in [3.05, 3.63) is 29.8 Å². The van der Waals surface area contributed by atoms with E-state index in [0.29, 0.717) is 6.54 Å². The smallest absolute Gasteiger partial charge is 0.406 e. The molecule has 1 amide bonds. The molecular formula is C14H19F3N2O2. The van der Waals surface area contributed by atoms with E-state index in [4.69, 9.17) is 0 Å². The summed E-state index contributed by atoms with van der Waals surface area (Å²) in [5.41, 5.74) is 0.797. The van der Waals surface area contributed by atoms with Crippen LogP contribution in [0, 0.1) is 0 Å². The van der Waals surface area contributed by atoms with E-state index in [1.165, 1.54) is 17.0 Å². The summed E-state index contributed by atoms with van der Waals surface area (Å²) in [6.45, 7) is 2.23. The highest BCUT2D eigenvalue weighted by molar-refractivity contribution is 5.80. The first kappa shape index (κ1) is 17.3. The minimum absolute atomic E-state index is 0.0328. The first-order valence-electron chi connectivity index (χ1n) is 6.36. The summed E-state index contributed by atoms with van der Waals surface area (Å²) < 4.78 is 40.0. The summed E-state index contributed by atoms with van der Waals surface area (Å²) in [5.74, 6) is -0.291. The van der Waals surface area contributed by atoms with E-state index in [1.54, 1.807) is 40.2 Å². The van der Waals surface area contributed by atoms with Crippen molar-refractivity contribution in [3.8, 4) is 5.75 Å². The van der Waals surface area contributed by atoms with E-state index in [0.717, 1.165) is 5.56 Å². The molecule has 1 atom stereocenters. The van der Waals surface area contributed by atoms with Crippen molar-refractivity contribution in [3.63, 3.8) is 0 Å². The molecule has 1 rings (SSSR count). The Morgan fingerprint density at radius 1 is 1.19 bits per heavy atom. The van der Waals surface area contributed by atoms with E-state index in [-0.39, 0.29) is 17.7 Å². The van der Waals surface area contributed by atoms with E-state index < -0.39 is 6.36 Å². The van der Waals surface area contributed by atoms with Gasteiger partial charge in [-0.25, -0.2) is 0 Å². The Hall–Kier alpha value is -1.76. The second kappa shape index (κ2) is 6.80. The van der Waals surface area contributed by atoms with Crippen molar-refractivity contribution < 1.29 is 22.7 Å². The number of ether oxygens (including phenoxy) is 1. The molecule has 7 heteroatoms. The van der Waals surface area contributed by atoms with Gasteiger partial charge in [0.25, 0.3) is 0 Å². The number of carbonyl (C=O) groups excluding carboxylic acids is 1. The van der Waals surface area contributed by atoms with Gasteiger partial charge >= 0.3 is 6.36 Å². The first-order valence-corrected chi connectivity index (χ1v) is 6.36. The Morgan fingerprint density at radius 3 is 2.14 bits per heavy atom. The molecule has 4 nitrogen and oxygen atoms in total. The van der Waals surface area contributed by atoms with Crippen LogP contribution in [0.2, 0.25) is 0 Å². The van der Waals surface area contributed by atoms with Gasteiger partial charge in [-0.3, -0.25) is 9.69 Å². The number of amides is 1. The normalized spacial score (nSPS) is 13.1. The van der Waals surface area contributed by atoms with E-state index in [2.05, 4.69) is 4.74 Å². The Morgan fingerprint density at radius 2 is 1.71 bits per heavy atom. The van der Waals surface area contributed by atoms with E-state index >= 15 is 0 Å². The molecule has 1 aromatic carbocycles. The first-order chi connectivity index (χ1) is 9.60. The second-order valence-electron chi connectivity index (χ2n) is 5.02. The van der Waals surface area contributed by atoms with E-state index in [1.807, 2.05) is 4.90 Å². The van der Waals surface area contributed by atoms with Gasteiger partial charge in [-0.1, -0.05) is 12.1 Å². The highest BCUT2D eigenvalue weighted by Gasteiger charge is 2.31. The number of hydrogen-bond donors (Lipinski definition) is 0. The maximum atomic E-state index is 12.0. The highest BCUT2D eigenvalue weighted by Crippen LogP contribution is 2.23. The molecule has 21 heavy (non-hydrogen) atoms. The van der Waals surface area contributed by atoms with Crippen molar-refractivity contribution in [2.75, 3.05) is 21.1 Å². The second-order valence-corrected chi connectivity index (χ2v) is 5.02. The van der Waals surface area contributed by atoms with Gasteiger partial charge in [0.1, 0.15) is 5.75 Å². The number of carbonyl (C=O) groups is 1. The lowest BCUT2D eigenvalue weighted by atomic mass is 10.1. The molecular weight excluding hydrogens is 285 g/mol. The Labute approximate surface area is 122 Å². The van der Waals surface area contributed by atoms with Crippen molar-refractivity contribution in [2.24, 2.45) is 0 Å². The van der Waals surface area contributed by atoms with Crippen molar-refractivity contribution in [1.29, 1.82) is 0 Å². The maximum Gasteiger partial charge on any atom is 0.573 e. The van der Waals surface area contributed by atoms with Gasteiger partial charge in [0, 0.05) is 20.6 Å². The Balaban J connectivity index is 2.65. The summed E-state index contributed by atoms with van der Waals surface area (Å²) in [6, 6.07) is 5.30. The van der Waals surface area contributed by atoms with Crippen LogP contribution in [0.5, 0.6) is 5.75 Å². The van der Waals surface area contributed by atoms with Crippen LogP contribution in [0.4, 0.5) is 13.2 Å². The van der Waals surface area contributed by atoms with Gasteiger partial charge in [0.05, 0.1) is 6.04 Å². The van der Waals surface area contributed by atoms with Gasteiger partial charge in [0.15, 0.2) is 0 Å². The topological polar surface area (TPSA) is 32.8 Å².